The van der Waals surface area contributed by atoms with Crippen LogP contribution in [0.4, 0.5) is 0 Å². The number of amides is 1. The van der Waals surface area contributed by atoms with Gasteiger partial charge in [0.15, 0.2) is 5.69 Å². The van der Waals surface area contributed by atoms with Gasteiger partial charge in [-0.15, -0.1) is 0 Å². The number of aryl methyl sites for hydroxylation is 1. The molecule has 0 saturated carbocycles. The Morgan fingerprint density at radius 1 is 1.17 bits per heavy atom. The third-order valence-corrected chi connectivity index (χ3v) is 7.12. The second kappa shape index (κ2) is 10.8. The quantitative estimate of drug-likeness (QED) is 0.519. The number of H-pyrrole nitrogens is 1. The number of aromatic nitrogens is 4. The first-order valence-electron chi connectivity index (χ1n) is 12.9. The van der Waals surface area contributed by atoms with Gasteiger partial charge in [-0.1, -0.05) is 13.8 Å². The summed E-state index contributed by atoms with van der Waals surface area (Å²) in [5, 5.41) is 12.4. The minimum absolute atomic E-state index is 0.0296. The third kappa shape index (κ3) is 5.17. The van der Waals surface area contributed by atoms with Crippen LogP contribution >= 0.6 is 0 Å². The molecule has 3 aromatic rings. The van der Waals surface area contributed by atoms with Crippen LogP contribution in [0.3, 0.4) is 0 Å². The Morgan fingerprint density at radius 2 is 1.94 bits per heavy atom. The molecular weight excluding hydrogens is 456 g/mol. The lowest BCUT2D eigenvalue weighted by atomic mass is 10.0. The number of methoxy groups -OCH3 is 1. The number of nitrogens with zero attached hydrogens (tertiary/aromatic N) is 5. The van der Waals surface area contributed by atoms with Crippen molar-refractivity contribution in [3.8, 4) is 17.0 Å². The number of aromatic amines is 1. The summed E-state index contributed by atoms with van der Waals surface area (Å²) >= 11 is 0. The van der Waals surface area contributed by atoms with E-state index in [1.807, 2.05) is 35.4 Å². The highest BCUT2D eigenvalue weighted by atomic mass is 16.5. The van der Waals surface area contributed by atoms with Crippen LogP contribution < -0.4 is 4.74 Å². The van der Waals surface area contributed by atoms with Crippen LogP contribution in [-0.2, 0) is 30.8 Å². The first-order chi connectivity index (χ1) is 17.5. The van der Waals surface area contributed by atoms with Gasteiger partial charge in [0, 0.05) is 68.1 Å². The Hall–Kier alpha value is -3.17. The van der Waals surface area contributed by atoms with E-state index in [1.165, 1.54) is 5.69 Å². The molecule has 192 valence electrons. The molecule has 0 bridgehead atoms. The molecule has 1 aromatic carbocycles. The van der Waals surface area contributed by atoms with Crippen molar-refractivity contribution in [1.29, 1.82) is 0 Å². The normalized spacial score (nSPS) is 16.4. The molecule has 0 atom stereocenters. The smallest absolute Gasteiger partial charge is 0.274 e. The number of benzene rings is 1. The standard InChI is InChI=1S/C27H36N6O3/c1-19(2)8-11-33-24-9-10-31(18-23(24)26(30-33)27(34)32-12-14-36-15-13-32)17-21-16-28-29-25(21)20-4-6-22(35-3)7-5-20/h4-7,16,19H,8-15,17-18H2,1-3H3,(H,28,29). The van der Waals surface area contributed by atoms with Crippen LogP contribution in [-0.4, -0.2) is 75.6 Å². The molecule has 5 rings (SSSR count). The van der Waals surface area contributed by atoms with Crippen LogP contribution in [0.5, 0.6) is 5.75 Å². The fourth-order valence-electron chi connectivity index (χ4n) is 5.01. The van der Waals surface area contributed by atoms with E-state index < -0.39 is 0 Å². The summed E-state index contributed by atoms with van der Waals surface area (Å²) in [6.07, 6.45) is 3.83. The summed E-state index contributed by atoms with van der Waals surface area (Å²) in [4.78, 5) is 17.8. The number of carbonyl (C=O) groups excluding carboxylic acids is 1. The first-order valence-corrected chi connectivity index (χ1v) is 12.9. The molecule has 2 aliphatic heterocycles. The lowest BCUT2D eigenvalue weighted by molar-refractivity contribution is 0.0297. The number of fused-ring (bicyclic) bond motifs is 1. The van der Waals surface area contributed by atoms with Crippen molar-refractivity contribution in [1.82, 2.24) is 29.8 Å². The maximum Gasteiger partial charge on any atom is 0.274 e. The van der Waals surface area contributed by atoms with Crippen molar-refractivity contribution in [2.45, 2.75) is 46.3 Å². The highest BCUT2D eigenvalue weighted by molar-refractivity contribution is 5.94. The summed E-state index contributed by atoms with van der Waals surface area (Å²) in [6.45, 7) is 10.1. The molecule has 1 saturated heterocycles. The second-order valence-corrected chi connectivity index (χ2v) is 10.0. The first kappa shape index (κ1) is 24.5. The Bertz CT molecular complexity index is 1180. The van der Waals surface area contributed by atoms with Crippen LogP contribution in [0, 0.1) is 5.92 Å². The molecule has 36 heavy (non-hydrogen) atoms. The van der Waals surface area contributed by atoms with Gasteiger partial charge in [0.25, 0.3) is 5.91 Å². The van der Waals surface area contributed by atoms with Crippen molar-refractivity contribution in [3.05, 3.63) is 53.0 Å². The van der Waals surface area contributed by atoms with Gasteiger partial charge in [-0.05, 0) is 36.6 Å². The predicted molar refractivity (Wildman–Crippen MR) is 137 cm³/mol. The van der Waals surface area contributed by atoms with Crippen LogP contribution in [0.15, 0.2) is 30.5 Å². The van der Waals surface area contributed by atoms with E-state index >= 15 is 0 Å². The second-order valence-electron chi connectivity index (χ2n) is 10.0. The van der Waals surface area contributed by atoms with Crippen LogP contribution in [0.25, 0.3) is 11.3 Å². The molecule has 1 fully saturated rings. The molecular formula is C27H36N6O3. The summed E-state index contributed by atoms with van der Waals surface area (Å²) in [5.74, 6) is 1.44. The number of hydrogen-bond donors (Lipinski definition) is 1. The minimum Gasteiger partial charge on any atom is -0.497 e. The van der Waals surface area contributed by atoms with Gasteiger partial charge in [-0.2, -0.15) is 10.2 Å². The maximum atomic E-state index is 13.5. The number of carbonyl (C=O) groups is 1. The zero-order chi connectivity index (χ0) is 25.1. The molecule has 9 nitrogen and oxygen atoms in total. The Labute approximate surface area is 212 Å². The number of nitrogens with one attached hydrogen (secondary N) is 1. The zero-order valence-corrected chi connectivity index (χ0v) is 21.5. The highest BCUT2D eigenvalue weighted by Crippen LogP contribution is 2.29. The predicted octanol–water partition coefficient (Wildman–Crippen LogP) is 3.36. The van der Waals surface area contributed by atoms with Crippen LogP contribution in [0.2, 0.25) is 0 Å². The molecule has 1 N–H and O–H groups in total. The summed E-state index contributed by atoms with van der Waals surface area (Å²) in [5.41, 5.74) is 6.13. The molecule has 2 aliphatic rings. The minimum atomic E-state index is 0.0296. The summed E-state index contributed by atoms with van der Waals surface area (Å²) in [7, 11) is 1.67. The Kier molecular flexibility index (Phi) is 7.38. The summed E-state index contributed by atoms with van der Waals surface area (Å²) in [6, 6.07) is 8.01. The summed E-state index contributed by atoms with van der Waals surface area (Å²) < 4.78 is 12.9. The van der Waals surface area contributed by atoms with E-state index in [2.05, 4.69) is 33.6 Å². The molecule has 4 heterocycles. The topological polar surface area (TPSA) is 88.5 Å². The van der Waals surface area contributed by atoms with E-state index in [4.69, 9.17) is 14.6 Å². The monoisotopic (exact) mass is 492 g/mol. The molecule has 0 radical (unpaired) electrons. The van der Waals surface area contributed by atoms with Crippen molar-refractivity contribution in [2.75, 3.05) is 40.0 Å². The van der Waals surface area contributed by atoms with Gasteiger partial charge in [-0.25, -0.2) is 0 Å². The van der Waals surface area contributed by atoms with Crippen molar-refractivity contribution in [3.63, 3.8) is 0 Å². The molecule has 0 spiro atoms. The van der Waals surface area contributed by atoms with Crippen molar-refractivity contribution in [2.24, 2.45) is 5.92 Å². The number of hydrogen-bond acceptors (Lipinski definition) is 6. The van der Waals surface area contributed by atoms with Gasteiger partial charge in [0.2, 0.25) is 0 Å². The fraction of sp³-hybridized carbons (Fsp3) is 0.519. The molecule has 0 aliphatic carbocycles. The SMILES string of the molecule is COc1ccc(-c2[nH]ncc2CN2CCc3c(c(C(=O)N4CCOCC4)nn3CCC(C)C)C2)cc1. The van der Waals surface area contributed by atoms with Crippen molar-refractivity contribution >= 4 is 5.91 Å². The van der Waals surface area contributed by atoms with Gasteiger partial charge in [0.05, 0.1) is 32.2 Å². The van der Waals surface area contributed by atoms with Gasteiger partial charge in [0.1, 0.15) is 5.75 Å². The van der Waals surface area contributed by atoms with Crippen LogP contribution in [0.1, 0.15) is 47.6 Å². The van der Waals surface area contributed by atoms with E-state index in [0.717, 1.165) is 60.6 Å². The average Bonchev–Trinajstić information content (AvgIpc) is 3.52. The zero-order valence-electron chi connectivity index (χ0n) is 21.5. The fourth-order valence-corrected chi connectivity index (χ4v) is 5.01. The Morgan fingerprint density at radius 3 is 2.67 bits per heavy atom. The van der Waals surface area contributed by atoms with E-state index in [9.17, 15) is 4.79 Å². The van der Waals surface area contributed by atoms with E-state index in [1.54, 1.807) is 7.11 Å². The lowest BCUT2D eigenvalue weighted by Crippen LogP contribution is -2.41. The van der Waals surface area contributed by atoms with E-state index in [-0.39, 0.29) is 5.91 Å². The molecule has 9 heteroatoms. The largest absolute Gasteiger partial charge is 0.497 e. The lowest BCUT2D eigenvalue weighted by Gasteiger charge is -2.29. The van der Waals surface area contributed by atoms with Gasteiger partial charge >= 0.3 is 0 Å². The molecule has 1 amide bonds. The number of morpholine rings is 1. The van der Waals surface area contributed by atoms with E-state index in [0.29, 0.717) is 44.5 Å². The maximum absolute atomic E-state index is 13.5. The van der Waals surface area contributed by atoms with Gasteiger partial charge in [-0.3, -0.25) is 19.5 Å². The van der Waals surface area contributed by atoms with Crippen molar-refractivity contribution < 1.29 is 14.3 Å². The Balaban J connectivity index is 1.38. The number of ether oxygens (including phenoxy) is 2. The third-order valence-electron chi connectivity index (χ3n) is 7.12. The molecule has 0 unspecified atom stereocenters. The number of rotatable bonds is 8. The average molecular weight is 493 g/mol. The van der Waals surface area contributed by atoms with Gasteiger partial charge < -0.3 is 14.4 Å². The molecule has 2 aromatic heterocycles. The highest BCUT2D eigenvalue weighted by Gasteiger charge is 2.31.